The number of benzene rings is 2. The molecule has 1 heterocycles. The van der Waals surface area contributed by atoms with E-state index in [0.717, 1.165) is 13.1 Å². The molecule has 0 aromatic heterocycles. The number of likely N-dealkylation sites (tertiary alicyclic amines) is 1. The third-order valence-electron chi connectivity index (χ3n) is 5.19. The summed E-state index contributed by atoms with van der Waals surface area (Å²) in [5, 5.41) is 22.0. The minimum Gasteiger partial charge on any atom is -0.379 e. The minimum atomic E-state index is 0.506. The highest BCUT2D eigenvalue weighted by Gasteiger charge is 2.19. The van der Waals surface area contributed by atoms with Crippen LogP contribution in [0.5, 0.6) is 0 Å². The number of nitrogens with zero attached hydrogens (tertiary/aromatic N) is 3. The number of nitrogens with one attached hydrogen (secondary N) is 1. The zero-order valence-corrected chi connectivity index (χ0v) is 15.2. The van der Waals surface area contributed by atoms with Crippen LogP contribution in [0.25, 0.3) is 0 Å². The quantitative estimate of drug-likeness (QED) is 0.872. The van der Waals surface area contributed by atoms with Crippen molar-refractivity contribution < 1.29 is 0 Å². The lowest BCUT2D eigenvalue weighted by atomic mass is 10.0. The molecule has 2 aromatic carbocycles. The van der Waals surface area contributed by atoms with E-state index in [9.17, 15) is 10.5 Å². The molecule has 1 saturated heterocycles. The first-order chi connectivity index (χ1) is 12.7. The minimum absolute atomic E-state index is 0.506. The van der Waals surface area contributed by atoms with E-state index in [1.54, 1.807) is 18.2 Å². The molecule has 1 aliphatic rings. The predicted octanol–water partition coefficient (Wildman–Crippen LogP) is 4.42. The molecule has 4 nitrogen and oxygen atoms in total. The van der Waals surface area contributed by atoms with Crippen molar-refractivity contribution in [3.8, 4) is 12.1 Å². The predicted molar refractivity (Wildman–Crippen MR) is 103 cm³/mol. The van der Waals surface area contributed by atoms with Gasteiger partial charge in [-0.1, -0.05) is 36.8 Å². The summed E-state index contributed by atoms with van der Waals surface area (Å²) in [6, 6.07) is 18.6. The number of piperidine rings is 1. The fourth-order valence-electron chi connectivity index (χ4n) is 3.61. The summed E-state index contributed by atoms with van der Waals surface area (Å²) >= 11 is 0. The molecular weight excluding hydrogens is 320 g/mol. The van der Waals surface area contributed by atoms with E-state index in [4.69, 9.17) is 0 Å². The molecule has 1 fully saturated rings. The topological polar surface area (TPSA) is 62.9 Å². The number of rotatable bonds is 5. The highest BCUT2D eigenvalue weighted by Crippen LogP contribution is 2.23. The van der Waals surface area contributed by atoms with E-state index in [1.807, 2.05) is 6.07 Å². The molecule has 0 amide bonds. The smallest absolute Gasteiger partial charge is 0.101 e. The summed E-state index contributed by atoms with van der Waals surface area (Å²) in [5.41, 5.74) is 4.15. The van der Waals surface area contributed by atoms with Gasteiger partial charge in [-0.3, -0.25) is 4.90 Å². The fraction of sp³-hybridized carbons (Fsp3) is 0.364. The van der Waals surface area contributed by atoms with Crippen LogP contribution in [0.4, 0.5) is 5.69 Å². The van der Waals surface area contributed by atoms with Gasteiger partial charge in [-0.25, -0.2) is 0 Å². The number of hydrogen-bond donors (Lipinski definition) is 1. The molecule has 1 aliphatic heterocycles. The number of anilines is 1. The molecule has 0 radical (unpaired) electrons. The van der Waals surface area contributed by atoms with Crippen LogP contribution in [0.15, 0.2) is 42.5 Å². The number of nitriles is 2. The molecule has 132 valence electrons. The van der Waals surface area contributed by atoms with Crippen LogP contribution >= 0.6 is 0 Å². The van der Waals surface area contributed by atoms with Gasteiger partial charge in [0, 0.05) is 19.1 Å². The molecular formula is C22H24N4. The van der Waals surface area contributed by atoms with Gasteiger partial charge in [-0.2, -0.15) is 10.5 Å². The Kier molecular flexibility index (Phi) is 5.89. The van der Waals surface area contributed by atoms with Crippen LogP contribution in [-0.4, -0.2) is 17.5 Å². The second-order valence-corrected chi connectivity index (χ2v) is 6.89. The standard InChI is InChI=1S/C22H24N4/c1-17-7-4-5-12-26(17)16-21-9-3-2-8-20(21)15-25-22-18(13-23)10-6-11-19(22)14-24/h2-3,6,8-11,17,25H,4-5,7,12,15-16H2,1H3. The van der Waals surface area contributed by atoms with Gasteiger partial charge in [0.2, 0.25) is 0 Å². The Labute approximate surface area is 155 Å². The van der Waals surface area contributed by atoms with Gasteiger partial charge in [0.05, 0.1) is 16.8 Å². The van der Waals surface area contributed by atoms with Crippen molar-refractivity contribution in [2.24, 2.45) is 0 Å². The lowest BCUT2D eigenvalue weighted by molar-refractivity contribution is 0.152. The van der Waals surface area contributed by atoms with Crippen molar-refractivity contribution in [3.63, 3.8) is 0 Å². The van der Waals surface area contributed by atoms with E-state index in [1.165, 1.54) is 30.4 Å². The Morgan fingerprint density at radius 3 is 2.35 bits per heavy atom. The van der Waals surface area contributed by atoms with E-state index in [0.29, 0.717) is 29.4 Å². The molecule has 0 bridgehead atoms. The fourth-order valence-corrected chi connectivity index (χ4v) is 3.61. The molecule has 1 N–H and O–H groups in total. The van der Waals surface area contributed by atoms with Crippen LogP contribution in [-0.2, 0) is 13.1 Å². The van der Waals surface area contributed by atoms with E-state index in [-0.39, 0.29) is 0 Å². The zero-order chi connectivity index (χ0) is 18.4. The number of hydrogen-bond acceptors (Lipinski definition) is 4. The molecule has 2 aromatic rings. The first-order valence-electron chi connectivity index (χ1n) is 9.21. The molecule has 1 atom stereocenters. The molecule has 26 heavy (non-hydrogen) atoms. The largest absolute Gasteiger partial charge is 0.379 e. The SMILES string of the molecule is CC1CCCCN1Cc1ccccc1CNc1c(C#N)cccc1C#N. The summed E-state index contributed by atoms with van der Waals surface area (Å²) in [6.45, 7) is 5.01. The van der Waals surface area contributed by atoms with Crippen molar-refractivity contribution in [1.29, 1.82) is 10.5 Å². The van der Waals surface area contributed by atoms with Crippen molar-refractivity contribution in [3.05, 3.63) is 64.7 Å². The maximum absolute atomic E-state index is 9.33. The second kappa shape index (κ2) is 8.52. The van der Waals surface area contributed by atoms with Gasteiger partial charge < -0.3 is 5.32 Å². The summed E-state index contributed by atoms with van der Waals surface area (Å²) in [4.78, 5) is 2.55. The van der Waals surface area contributed by atoms with Crippen molar-refractivity contribution in [1.82, 2.24) is 4.90 Å². The third kappa shape index (κ3) is 4.04. The molecule has 0 aliphatic carbocycles. The Balaban J connectivity index is 1.78. The highest BCUT2D eigenvalue weighted by atomic mass is 15.2. The van der Waals surface area contributed by atoms with Crippen LogP contribution in [0, 0.1) is 22.7 Å². The normalized spacial score (nSPS) is 17.3. The maximum Gasteiger partial charge on any atom is 0.101 e. The van der Waals surface area contributed by atoms with Gasteiger partial charge in [0.1, 0.15) is 12.1 Å². The Bertz CT molecular complexity index is 812. The monoisotopic (exact) mass is 344 g/mol. The summed E-state index contributed by atoms with van der Waals surface area (Å²) in [7, 11) is 0. The van der Waals surface area contributed by atoms with Crippen LogP contribution < -0.4 is 5.32 Å². The third-order valence-corrected chi connectivity index (χ3v) is 5.19. The second-order valence-electron chi connectivity index (χ2n) is 6.89. The molecule has 3 rings (SSSR count). The molecule has 0 spiro atoms. The van der Waals surface area contributed by atoms with Gasteiger partial charge >= 0.3 is 0 Å². The van der Waals surface area contributed by atoms with Crippen LogP contribution in [0.2, 0.25) is 0 Å². The maximum atomic E-state index is 9.33. The lowest BCUT2D eigenvalue weighted by Crippen LogP contribution is -2.37. The summed E-state index contributed by atoms with van der Waals surface area (Å²) < 4.78 is 0. The van der Waals surface area contributed by atoms with Gasteiger partial charge in [0.15, 0.2) is 0 Å². The number of para-hydroxylation sites is 1. The van der Waals surface area contributed by atoms with Crippen molar-refractivity contribution in [2.75, 3.05) is 11.9 Å². The average molecular weight is 344 g/mol. The van der Waals surface area contributed by atoms with Crippen molar-refractivity contribution in [2.45, 2.75) is 45.3 Å². The van der Waals surface area contributed by atoms with E-state index in [2.05, 4.69) is 47.5 Å². The van der Waals surface area contributed by atoms with Gasteiger partial charge in [-0.05, 0) is 49.6 Å². The lowest BCUT2D eigenvalue weighted by Gasteiger charge is -2.33. The summed E-state index contributed by atoms with van der Waals surface area (Å²) in [5.74, 6) is 0. The zero-order valence-electron chi connectivity index (χ0n) is 15.2. The van der Waals surface area contributed by atoms with Gasteiger partial charge in [0.25, 0.3) is 0 Å². The highest BCUT2D eigenvalue weighted by molar-refractivity contribution is 5.66. The van der Waals surface area contributed by atoms with Crippen LogP contribution in [0.3, 0.4) is 0 Å². The van der Waals surface area contributed by atoms with Crippen LogP contribution in [0.1, 0.15) is 48.4 Å². The molecule has 4 heteroatoms. The Hall–Kier alpha value is -2.82. The Morgan fingerprint density at radius 2 is 1.69 bits per heavy atom. The average Bonchev–Trinajstić information content (AvgIpc) is 2.68. The molecule has 0 saturated carbocycles. The first kappa shape index (κ1) is 18.0. The van der Waals surface area contributed by atoms with Gasteiger partial charge in [-0.15, -0.1) is 0 Å². The van der Waals surface area contributed by atoms with E-state index >= 15 is 0 Å². The Morgan fingerprint density at radius 1 is 1.00 bits per heavy atom. The summed E-state index contributed by atoms with van der Waals surface area (Å²) in [6.07, 6.45) is 3.86. The van der Waals surface area contributed by atoms with Crippen molar-refractivity contribution >= 4 is 5.69 Å². The van der Waals surface area contributed by atoms with E-state index < -0.39 is 0 Å². The molecule has 1 unspecified atom stereocenters. The first-order valence-corrected chi connectivity index (χ1v) is 9.21.